The molecule has 1 aliphatic heterocycles. The third-order valence-corrected chi connectivity index (χ3v) is 6.31. The highest BCUT2D eigenvalue weighted by Crippen LogP contribution is 2.38. The number of nitrogens with zero attached hydrogens (tertiary/aromatic N) is 1. The van der Waals surface area contributed by atoms with E-state index in [0.29, 0.717) is 21.5 Å². The molecule has 0 aliphatic carbocycles. The molecule has 0 atom stereocenters. The second-order valence-electron chi connectivity index (χ2n) is 6.64. The highest BCUT2D eigenvalue weighted by Gasteiger charge is 2.36. The molecule has 156 valence electrons. The van der Waals surface area contributed by atoms with E-state index in [2.05, 4.69) is 37.2 Å². The van der Waals surface area contributed by atoms with Gasteiger partial charge in [0.05, 0.1) is 16.5 Å². The number of anilines is 1. The first-order chi connectivity index (χ1) is 14.2. The lowest BCUT2D eigenvalue weighted by molar-refractivity contribution is -0.127. The summed E-state index contributed by atoms with van der Waals surface area (Å²) in [6.45, 7) is 3.49. The third-order valence-electron chi connectivity index (χ3n) is 4.36. The first kappa shape index (κ1) is 22.6. The van der Waals surface area contributed by atoms with Gasteiger partial charge in [-0.3, -0.25) is 19.3 Å². The number of methoxy groups -OCH3 is 1. The molecule has 1 N–H and O–H groups in total. The minimum atomic E-state index is -0.515. The Bertz CT molecular complexity index is 1080. The maximum Gasteiger partial charge on any atom is 0.294 e. The van der Waals surface area contributed by atoms with Gasteiger partial charge in [-0.15, -0.1) is 0 Å². The fourth-order valence-corrected chi connectivity index (χ4v) is 5.22. The number of hydrogen-bond acceptors (Lipinski definition) is 5. The van der Waals surface area contributed by atoms with Gasteiger partial charge in [0.15, 0.2) is 0 Å². The number of rotatable bonds is 5. The predicted molar refractivity (Wildman–Crippen MR) is 126 cm³/mol. The van der Waals surface area contributed by atoms with Crippen molar-refractivity contribution in [1.82, 2.24) is 4.90 Å². The number of hydrogen-bond donors (Lipinski definition) is 1. The second kappa shape index (κ2) is 9.36. The van der Waals surface area contributed by atoms with E-state index in [-0.39, 0.29) is 11.4 Å². The zero-order valence-corrected chi connectivity index (χ0v) is 20.4. The van der Waals surface area contributed by atoms with E-state index in [1.807, 2.05) is 32.0 Å². The Morgan fingerprint density at radius 1 is 1.20 bits per heavy atom. The van der Waals surface area contributed by atoms with E-state index in [1.54, 1.807) is 18.2 Å². The van der Waals surface area contributed by atoms with Crippen LogP contribution in [0.4, 0.5) is 10.5 Å². The second-order valence-corrected chi connectivity index (χ2v) is 9.41. The molecule has 6 nitrogen and oxygen atoms in total. The molecule has 0 saturated carbocycles. The number of ether oxygens (including phenoxy) is 1. The van der Waals surface area contributed by atoms with Crippen molar-refractivity contribution in [1.29, 1.82) is 0 Å². The fraction of sp³-hybridized carbons (Fsp3) is 0.190. The summed E-state index contributed by atoms with van der Waals surface area (Å²) < 4.78 is 6.88. The molecule has 1 aliphatic rings. The summed E-state index contributed by atoms with van der Waals surface area (Å²) in [7, 11) is 1.52. The van der Waals surface area contributed by atoms with Gasteiger partial charge in [0.25, 0.3) is 11.1 Å². The van der Waals surface area contributed by atoms with Crippen LogP contribution < -0.4 is 10.1 Å². The number of imide groups is 1. The van der Waals surface area contributed by atoms with Crippen LogP contribution in [0.15, 0.2) is 44.2 Å². The Labute approximate surface area is 195 Å². The van der Waals surface area contributed by atoms with Gasteiger partial charge in [0.2, 0.25) is 5.91 Å². The summed E-state index contributed by atoms with van der Waals surface area (Å²) in [5.41, 5.74) is 3.27. The Morgan fingerprint density at radius 2 is 1.93 bits per heavy atom. The van der Waals surface area contributed by atoms with E-state index >= 15 is 0 Å². The summed E-state index contributed by atoms with van der Waals surface area (Å²) in [5.74, 6) is -0.412. The van der Waals surface area contributed by atoms with Gasteiger partial charge in [-0.05, 0) is 71.4 Å². The van der Waals surface area contributed by atoms with E-state index in [1.165, 1.54) is 7.11 Å². The molecular weight excluding hydrogens is 536 g/mol. The van der Waals surface area contributed by atoms with Gasteiger partial charge in [-0.2, -0.15) is 0 Å². The van der Waals surface area contributed by atoms with Gasteiger partial charge < -0.3 is 10.1 Å². The van der Waals surface area contributed by atoms with Gasteiger partial charge in [-0.25, -0.2) is 0 Å². The monoisotopic (exact) mass is 552 g/mol. The van der Waals surface area contributed by atoms with Crippen LogP contribution in [0.1, 0.15) is 16.7 Å². The zero-order valence-electron chi connectivity index (χ0n) is 16.4. The maximum atomic E-state index is 12.8. The number of halogens is 2. The first-order valence-corrected chi connectivity index (χ1v) is 11.3. The van der Waals surface area contributed by atoms with Crippen molar-refractivity contribution in [3.8, 4) is 5.75 Å². The Balaban J connectivity index is 1.78. The minimum Gasteiger partial charge on any atom is -0.495 e. The van der Waals surface area contributed by atoms with Crippen LogP contribution in [0.2, 0.25) is 0 Å². The van der Waals surface area contributed by atoms with Crippen molar-refractivity contribution < 1.29 is 19.1 Å². The fourth-order valence-electron chi connectivity index (χ4n) is 2.97. The number of aryl methyl sites for hydroxylation is 2. The Hall–Kier alpha value is -2.10. The van der Waals surface area contributed by atoms with E-state index in [0.717, 1.165) is 32.3 Å². The molecule has 0 bridgehead atoms. The Kier molecular flexibility index (Phi) is 7.05. The molecule has 2 aromatic carbocycles. The molecule has 2 aromatic rings. The summed E-state index contributed by atoms with van der Waals surface area (Å²) in [4.78, 5) is 38.7. The van der Waals surface area contributed by atoms with E-state index in [4.69, 9.17) is 4.74 Å². The summed E-state index contributed by atoms with van der Waals surface area (Å²) in [6.07, 6.45) is 1.58. The summed E-state index contributed by atoms with van der Waals surface area (Å²) >= 11 is 7.61. The van der Waals surface area contributed by atoms with Crippen molar-refractivity contribution in [2.75, 3.05) is 19.0 Å². The van der Waals surface area contributed by atoms with Crippen molar-refractivity contribution in [3.63, 3.8) is 0 Å². The van der Waals surface area contributed by atoms with Crippen LogP contribution in [0, 0.1) is 13.8 Å². The normalized spacial score (nSPS) is 15.1. The minimum absolute atomic E-state index is 0.225. The number of carbonyl (C=O) groups is 3. The van der Waals surface area contributed by atoms with Crippen LogP contribution in [-0.4, -0.2) is 35.6 Å². The Morgan fingerprint density at radius 3 is 2.60 bits per heavy atom. The van der Waals surface area contributed by atoms with Gasteiger partial charge >= 0.3 is 0 Å². The molecule has 0 spiro atoms. The van der Waals surface area contributed by atoms with E-state index < -0.39 is 17.1 Å². The lowest BCUT2D eigenvalue weighted by atomic mass is 10.1. The molecule has 1 saturated heterocycles. The smallest absolute Gasteiger partial charge is 0.294 e. The van der Waals surface area contributed by atoms with Crippen LogP contribution in [0.25, 0.3) is 6.08 Å². The van der Waals surface area contributed by atoms with Crippen LogP contribution in [-0.2, 0) is 9.59 Å². The van der Waals surface area contributed by atoms with E-state index in [9.17, 15) is 14.4 Å². The molecule has 3 rings (SSSR count). The molecule has 0 radical (unpaired) electrons. The van der Waals surface area contributed by atoms with Crippen molar-refractivity contribution >= 4 is 72.4 Å². The standard InChI is InChI=1S/C21H18Br2N2O4S/c1-11-4-5-16(12(2)6-11)24-18(26)10-25-20(27)17(30-21(25)28)8-13-7-14(22)9-15(23)19(13)29-3/h4-9H,10H2,1-3H3,(H,24,26)/b17-8+. The van der Waals surface area contributed by atoms with Crippen LogP contribution >= 0.6 is 43.6 Å². The molecule has 30 heavy (non-hydrogen) atoms. The molecule has 1 fully saturated rings. The highest BCUT2D eigenvalue weighted by atomic mass is 79.9. The van der Waals surface area contributed by atoms with Gasteiger partial charge in [0.1, 0.15) is 12.3 Å². The number of thioether (sulfide) groups is 1. The predicted octanol–water partition coefficient (Wildman–Crippen LogP) is 5.51. The number of carbonyl (C=O) groups excluding carboxylic acids is 3. The average molecular weight is 554 g/mol. The maximum absolute atomic E-state index is 12.8. The number of benzene rings is 2. The zero-order chi connectivity index (χ0) is 22.0. The van der Waals surface area contributed by atoms with Crippen molar-refractivity contribution in [2.45, 2.75) is 13.8 Å². The molecule has 3 amide bonds. The number of amides is 3. The van der Waals surface area contributed by atoms with Crippen molar-refractivity contribution in [3.05, 3.63) is 60.9 Å². The average Bonchev–Trinajstić information content (AvgIpc) is 2.91. The summed E-state index contributed by atoms with van der Waals surface area (Å²) in [5, 5.41) is 2.27. The van der Waals surface area contributed by atoms with Crippen molar-refractivity contribution in [2.24, 2.45) is 0 Å². The summed E-state index contributed by atoms with van der Waals surface area (Å²) in [6, 6.07) is 9.23. The topological polar surface area (TPSA) is 75.7 Å². The molecule has 9 heteroatoms. The van der Waals surface area contributed by atoms with Crippen LogP contribution in [0.5, 0.6) is 5.75 Å². The lowest BCUT2D eigenvalue weighted by Crippen LogP contribution is -2.36. The highest BCUT2D eigenvalue weighted by molar-refractivity contribution is 9.11. The molecule has 1 heterocycles. The van der Waals surface area contributed by atoms with Gasteiger partial charge in [-0.1, -0.05) is 33.6 Å². The molecule has 0 unspecified atom stereocenters. The number of nitrogens with one attached hydrogen (secondary N) is 1. The third kappa shape index (κ3) is 4.96. The largest absolute Gasteiger partial charge is 0.495 e. The lowest BCUT2D eigenvalue weighted by Gasteiger charge is -2.14. The molecular formula is C21H18Br2N2O4S. The molecule has 0 aromatic heterocycles. The first-order valence-electron chi connectivity index (χ1n) is 8.85. The van der Waals surface area contributed by atoms with Crippen LogP contribution in [0.3, 0.4) is 0 Å². The quantitative estimate of drug-likeness (QED) is 0.494. The SMILES string of the molecule is COc1c(Br)cc(Br)cc1/C=C1/SC(=O)N(CC(=O)Nc2ccc(C)cc2C)C1=O. The van der Waals surface area contributed by atoms with Gasteiger partial charge in [0, 0.05) is 15.7 Å².